The third kappa shape index (κ3) is 3.76. The minimum absolute atomic E-state index is 0.212. The highest BCUT2D eigenvalue weighted by Crippen LogP contribution is 2.43. The Labute approximate surface area is 183 Å². The summed E-state index contributed by atoms with van der Waals surface area (Å²) in [6, 6.07) is 7.61. The smallest absolute Gasteiger partial charge is 0.410 e. The first-order chi connectivity index (χ1) is 14.5. The standard InChI is InChI=1S/C22H24BrNO6/c1-4-28-22(25)24-6-5-13-8-18(26-2)19(27-3)10-15(13)17(24)7-14-9-20-21(11-16(14)23)30-12-29-20/h8-11,17H,4-7,12H2,1-3H3. The quantitative estimate of drug-likeness (QED) is 0.631. The number of halogens is 1. The summed E-state index contributed by atoms with van der Waals surface area (Å²) in [6.45, 7) is 2.92. The first-order valence-corrected chi connectivity index (χ1v) is 10.6. The van der Waals surface area contributed by atoms with E-state index in [0.717, 1.165) is 21.2 Å². The Hall–Kier alpha value is -2.61. The summed E-state index contributed by atoms with van der Waals surface area (Å²) >= 11 is 3.64. The molecule has 0 fully saturated rings. The zero-order valence-electron chi connectivity index (χ0n) is 17.2. The minimum atomic E-state index is -0.320. The van der Waals surface area contributed by atoms with Crippen LogP contribution in [-0.2, 0) is 17.6 Å². The molecule has 2 heterocycles. The molecule has 0 aromatic heterocycles. The molecule has 0 saturated carbocycles. The molecule has 2 aromatic carbocycles. The van der Waals surface area contributed by atoms with Gasteiger partial charge in [0.25, 0.3) is 0 Å². The van der Waals surface area contributed by atoms with E-state index in [9.17, 15) is 4.79 Å². The van der Waals surface area contributed by atoms with E-state index in [4.69, 9.17) is 23.7 Å². The molecule has 7 nitrogen and oxygen atoms in total. The molecule has 8 heteroatoms. The van der Waals surface area contributed by atoms with Gasteiger partial charge in [-0.1, -0.05) is 15.9 Å². The lowest BCUT2D eigenvalue weighted by atomic mass is 9.88. The van der Waals surface area contributed by atoms with Crippen molar-refractivity contribution in [2.24, 2.45) is 0 Å². The maximum atomic E-state index is 12.7. The average molecular weight is 478 g/mol. The average Bonchev–Trinajstić information content (AvgIpc) is 3.20. The first kappa shape index (κ1) is 20.7. The van der Waals surface area contributed by atoms with Gasteiger partial charge >= 0.3 is 6.09 Å². The Kier molecular flexibility index (Phi) is 5.94. The SMILES string of the molecule is CCOC(=O)N1CCc2cc(OC)c(OC)cc2C1Cc1cc2c(cc1Br)OCO2. The number of benzene rings is 2. The zero-order chi connectivity index (χ0) is 21.3. The van der Waals surface area contributed by atoms with Gasteiger partial charge in [0.2, 0.25) is 6.79 Å². The van der Waals surface area contributed by atoms with Crippen molar-refractivity contribution < 1.29 is 28.5 Å². The summed E-state index contributed by atoms with van der Waals surface area (Å²) in [7, 11) is 3.23. The van der Waals surface area contributed by atoms with Crippen LogP contribution in [0.2, 0.25) is 0 Å². The van der Waals surface area contributed by atoms with Crippen molar-refractivity contribution in [1.29, 1.82) is 0 Å². The zero-order valence-corrected chi connectivity index (χ0v) is 18.8. The molecule has 0 N–H and O–H groups in total. The Morgan fingerprint density at radius 3 is 2.53 bits per heavy atom. The van der Waals surface area contributed by atoms with Gasteiger partial charge in [-0.2, -0.15) is 0 Å². The molecule has 1 atom stereocenters. The fourth-order valence-corrected chi connectivity index (χ4v) is 4.48. The second-order valence-corrected chi connectivity index (χ2v) is 7.92. The van der Waals surface area contributed by atoms with Crippen molar-refractivity contribution in [3.8, 4) is 23.0 Å². The molecule has 0 saturated heterocycles. The van der Waals surface area contributed by atoms with E-state index in [0.29, 0.717) is 49.0 Å². The summed E-state index contributed by atoms with van der Waals surface area (Å²) in [6.07, 6.45) is 0.978. The van der Waals surface area contributed by atoms with Crippen molar-refractivity contribution in [2.45, 2.75) is 25.8 Å². The van der Waals surface area contributed by atoms with Gasteiger partial charge in [-0.15, -0.1) is 0 Å². The lowest BCUT2D eigenvalue weighted by Crippen LogP contribution is -2.41. The highest BCUT2D eigenvalue weighted by Gasteiger charge is 2.34. The van der Waals surface area contributed by atoms with Gasteiger partial charge in [-0.05, 0) is 60.7 Å². The van der Waals surface area contributed by atoms with Gasteiger partial charge in [0.15, 0.2) is 23.0 Å². The fraction of sp³-hybridized carbons (Fsp3) is 0.409. The lowest BCUT2D eigenvalue weighted by molar-refractivity contribution is 0.0863. The van der Waals surface area contributed by atoms with E-state index in [1.807, 2.05) is 31.2 Å². The molecule has 1 amide bonds. The van der Waals surface area contributed by atoms with Crippen molar-refractivity contribution in [3.63, 3.8) is 0 Å². The molecular formula is C22H24BrNO6. The molecule has 160 valence electrons. The van der Waals surface area contributed by atoms with Crippen LogP contribution in [0.3, 0.4) is 0 Å². The van der Waals surface area contributed by atoms with Gasteiger partial charge in [0, 0.05) is 11.0 Å². The highest BCUT2D eigenvalue weighted by molar-refractivity contribution is 9.10. The fourth-order valence-electron chi connectivity index (χ4n) is 4.00. The lowest BCUT2D eigenvalue weighted by Gasteiger charge is -2.37. The topological polar surface area (TPSA) is 66.5 Å². The monoisotopic (exact) mass is 477 g/mol. The summed E-state index contributed by atoms with van der Waals surface area (Å²) < 4.78 is 28.3. The molecule has 2 aliphatic heterocycles. The van der Waals surface area contributed by atoms with Crippen LogP contribution in [0.5, 0.6) is 23.0 Å². The number of carbonyl (C=O) groups excluding carboxylic acids is 1. The largest absolute Gasteiger partial charge is 0.493 e. The number of hydrogen-bond donors (Lipinski definition) is 0. The number of ether oxygens (including phenoxy) is 5. The molecule has 2 aromatic rings. The van der Waals surface area contributed by atoms with Crippen LogP contribution in [0, 0.1) is 0 Å². The third-order valence-corrected chi connectivity index (χ3v) is 6.20. The molecule has 0 aliphatic carbocycles. The van der Waals surface area contributed by atoms with Crippen LogP contribution in [0.15, 0.2) is 28.7 Å². The predicted molar refractivity (Wildman–Crippen MR) is 114 cm³/mol. The highest BCUT2D eigenvalue weighted by atomic mass is 79.9. The Balaban J connectivity index is 1.76. The number of nitrogens with zero attached hydrogens (tertiary/aromatic N) is 1. The number of carbonyl (C=O) groups is 1. The summed E-state index contributed by atoms with van der Waals surface area (Å²) in [5, 5.41) is 0. The second kappa shape index (κ2) is 8.63. The second-order valence-electron chi connectivity index (χ2n) is 7.07. The number of methoxy groups -OCH3 is 2. The molecular weight excluding hydrogens is 454 g/mol. The first-order valence-electron chi connectivity index (χ1n) is 9.81. The van der Waals surface area contributed by atoms with E-state index < -0.39 is 0 Å². The summed E-state index contributed by atoms with van der Waals surface area (Å²) in [5.41, 5.74) is 3.17. The van der Waals surface area contributed by atoms with Gasteiger partial charge in [-0.3, -0.25) is 0 Å². The summed E-state index contributed by atoms with van der Waals surface area (Å²) in [4.78, 5) is 14.5. The number of fused-ring (bicyclic) bond motifs is 2. The van der Waals surface area contributed by atoms with Gasteiger partial charge in [0.05, 0.1) is 26.9 Å². The number of rotatable bonds is 5. The Bertz CT molecular complexity index is 963. The predicted octanol–water partition coefficient (Wildman–Crippen LogP) is 4.49. The van der Waals surface area contributed by atoms with Gasteiger partial charge in [-0.25, -0.2) is 4.79 Å². The molecule has 1 unspecified atom stereocenters. The Morgan fingerprint density at radius 1 is 1.13 bits per heavy atom. The van der Waals surface area contributed by atoms with Crippen molar-refractivity contribution >= 4 is 22.0 Å². The van der Waals surface area contributed by atoms with Crippen LogP contribution in [0.1, 0.15) is 29.7 Å². The maximum Gasteiger partial charge on any atom is 0.410 e. The van der Waals surface area contributed by atoms with Crippen LogP contribution in [-0.4, -0.2) is 45.2 Å². The molecule has 2 aliphatic rings. The van der Waals surface area contributed by atoms with E-state index >= 15 is 0 Å². The van der Waals surface area contributed by atoms with Gasteiger partial charge < -0.3 is 28.6 Å². The van der Waals surface area contributed by atoms with Crippen molar-refractivity contribution in [2.75, 3.05) is 34.2 Å². The van der Waals surface area contributed by atoms with Crippen molar-refractivity contribution in [1.82, 2.24) is 4.90 Å². The number of hydrogen-bond acceptors (Lipinski definition) is 6. The molecule has 4 rings (SSSR count). The normalized spacial score (nSPS) is 16.8. The third-order valence-electron chi connectivity index (χ3n) is 5.46. The van der Waals surface area contributed by atoms with E-state index in [-0.39, 0.29) is 18.9 Å². The van der Waals surface area contributed by atoms with Crippen LogP contribution < -0.4 is 18.9 Å². The van der Waals surface area contributed by atoms with Crippen molar-refractivity contribution in [3.05, 3.63) is 45.4 Å². The van der Waals surface area contributed by atoms with Gasteiger partial charge in [0.1, 0.15) is 0 Å². The molecule has 0 bridgehead atoms. The van der Waals surface area contributed by atoms with Crippen LogP contribution in [0.25, 0.3) is 0 Å². The Morgan fingerprint density at radius 2 is 1.83 bits per heavy atom. The van der Waals surface area contributed by atoms with E-state index in [2.05, 4.69) is 15.9 Å². The van der Waals surface area contributed by atoms with Crippen LogP contribution >= 0.6 is 15.9 Å². The maximum absolute atomic E-state index is 12.7. The van der Waals surface area contributed by atoms with E-state index in [1.54, 1.807) is 19.1 Å². The van der Waals surface area contributed by atoms with E-state index in [1.165, 1.54) is 0 Å². The minimum Gasteiger partial charge on any atom is -0.493 e. The molecule has 30 heavy (non-hydrogen) atoms. The van der Waals surface area contributed by atoms with Crippen LogP contribution in [0.4, 0.5) is 4.79 Å². The number of amides is 1. The molecule has 0 radical (unpaired) electrons. The summed E-state index contributed by atoms with van der Waals surface area (Å²) in [5.74, 6) is 2.74. The molecule has 0 spiro atoms.